The van der Waals surface area contributed by atoms with E-state index in [0.717, 1.165) is 26.1 Å². The average molecular weight is 398 g/mol. The summed E-state index contributed by atoms with van der Waals surface area (Å²) in [5, 5.41) is 13.7. The second-order valence-electron chi connectivity index (χ2n) is 5.67. The Kier molecular flexibility index (Phi) is 4.41. The molecule has 0 aliphatic rings. The molecule has 0 saturated heterocycles. The van der Waals surface area contributed by atoms with E-state index in [1.807, 2.05) is 13.8 Å². The summed E-state index contributed by atoms with van der Waals surface area (Å²) >= 11 is 2.08. The molecule has 0 aliphatic heterocycles. The largest absolute Gasteiger partial charge is 0.476 e. The van der Waals surface area contributed by atoms with Crippen LogP contribution in [-0.2, 0) is 0 Å². The molecule has 2 aromatic rings. The molecule has 21 heavy (non-hydrogen) atoms. The van der Waals surface area contributed by atoms with Gasteiger partial charge in [-0.25, -0.2) is 9.48 Å². The van der Waals surface area contributed by atoms with Crippen molar-refractivity contribution in [3.05, 3.63) is 43.8 Å². The number of aromatic carboxylic acids is 1. The van der Waals surface area contributed by atoms with Gasteiger partial charge in [0.2, 0.25) is 0 Å². The molecular formula is C16H19IN2O2. The minimum Gasteiger partial charge on any atom is -0.476 e. The fraction of sp³-hybridized carbons (Fsp3) is 0.375. The highest BCUT2D eigenvalue weighted by molar-refractivity contribution is 14.1. The van der Waals surface area contributed by atoms with Gasteiger partial charge in [0.15, 0.2) is 5.69 Å². The summed E-state index contributed by atoms with van der Waals surface area (Å²) in [6.45, 7) is 10.2. The summed E-state index contributed by atoms with van der Waals surface area (Å²) in [6.07, 6.45) is 0. The fourth-order valence-electron chi connectivity index (χ4n) is 2.72. The van der Waals surface area contributed by atoms with Crippen molar-refractivity contribution < 1.29 is 9.90 Å². The number of carboxylic acid groups (broad SMARTS) is 1. The Labute approximate surface area is 138 Å². The molecule has 0 radical (unpaired) electrons. The van der Waals surface area contributed by atoms with E-state index in [9.17, 15) is 9.90 Å². The summed E-state index contributed by atoms with van der Waals surface area (Å²) in [5.41, 5.74) is 5.45. The molecule has 1 N–H and O–H groups in total. The number of benzene rings is 1. The van der Waals surface area contributed by atoms with Crippen molar-refractivity contribution >= 4 is 28.6 Å². The van der Waals surface area contributed by atoms with Crippen LogP contribution in [0.2, 0.25) is 0 Å². The molecule has 4 nitrogen and oxygen atoms in total. The van der Waals surface area contributed by atoms with E-state index in [1.165, 1.54) is 5.56 Å². The number of carboxylic acids is 1. The molecule has 1 aromatic heterocycles. The van der Waals surface area contributed by atoms with Crippen molar-refractivity contribution in [2.24, 2.45) is 0 Å². The van der Waals surface area contributed by atoms with Crippen LogP contribution in [0.5, 0.6) is 0 Å². The maximum Gasteiger partial charge on any atom is 0.357 e. The number of halogens is 1. The van der Waals surface area contributed by atoms with Crippen LogP contribution in [0, 0.1) is 24.3 Å². The quantitative estimate of drug-likeness (QED) is 0.788. The van der Waals surface area contributed by atoms with E-state index in [-0.39, 0.29) is 11.6 Å². The van der Waals surface area contributed by atoms with Crippen molar-refractivity contribution in [2.75, 3.05) is 0 Å². The van der Waals surface area contributed by atoms with Crippen molar-refractivity contribution in [1.82, 2.24) is 9.78 Å². The smallest absolute Gasteiger partial charge is 0.357 e. The third kappa shape index (κ3) is 2.84. The predicted octanol–water partition coefficient (Wildman–Crippen LogP) is 4.22. The van der Waals surface area contributed by atoms with E-state index in [0.29, 0.717) is 0 Å². The minimum absolute atomic E-state index is 0.124. The lowest BCUT2D eigenvalue weighted by Gasteiger charge is -2.16. The maximum atomic E-state index is 11.4. The van der Waals surface area contributed by atoms with E-state index in [2.05, 4.69) is 60.6 Å². The van der Waals surface area contributed by atoms with Crippen molar-refractivity contribution in [3.8, 4) is 5.69 Å². The Bertz CT molecular complexity index is 694. The third-order valence-electron chi connectivity index (χ3n) is 3.46. The van der Waals surface area contributed by atoms with Gasteiger partial charge in [-0.15, -0.1) is 0 Å². The minimum atomic E-state index is -0.984. The molecule has 0 fully saturated rings. The number of nitrogens with zero attached hydrogens (tertiary/aromatic N) is 2. The lowest BCUT2D eigenvalue weighted by Crippen LogP contribution is -2.09. The van der Waals surface area contributed by atoms with Crippen molar-refractivity contribution in [3.63, 3.8) is 0 Å². The Morgan fingerprint density at radius 1 is 1.24 bits per heavy atom. The van der Waals surface area contributed by atoms with Gasteiger partial charge in [-0.05, 0) is 60.4 Å². The van der Waals surface area contributed by atoms with Crippen LogP contribution in [0.15, 0.2) is 12.1 Å². The first-order valence-electron chi connectivity index (χ1n) is 6.84. The molecule has 0 atom stereocenters. The summed E-state index contributed by atoms with van der Waals surface area (Å²) in [6, 6.07) is 4.20. The second kappa shape index (κ2) is 5.79. The van der Waals surface area contributed by atoms with Gasteiger partial charge in [-0.3, -0.25) is 0 Å². The van der Waals surface area contributed by atoms with Gasteiger partial charge in [0.1, 0.15) is 0 Å². The standard InChI is InChI=1S/C16H19IN2O2/c1-8(2)14-12(17)13(16(20)21)18-19(14)15-10(4)6-9(3)7-11(15)5/h6-8H,1-5H3,(H,20,21). The van der Waals surface area contributed by atoms with E-state index in [4.69, 9.17) is 0 Å². The molecule has 0 bridgehead atoms. The number of hydrogen-bond acceptors (Lipinski definition) is 2. The Hall–Kier alpha value is -1.37. The number of carbonyl (C=O) groups is 1. The Balaban J connectivity index is 2.81. The topological polar surface area (TPSA) is 55.1 Å². The molecule has 0 aliphatic carbocycles. The van der Waals surface area contributed by atoms with Gasteiger partial charge in [-0.1, -0.05) is 31.5 Å². The summed E-state index contributed by atoms with van der Waals surface area (Å²) < 4.78 is 2.52. The average Bonchev–Trinajstić information content (AvgIpc) is 2.65. The predicted molar refractivity (Wildman–Crippen MR) is 91.5 cm³/mol. The SMILES string of the molecule is Cc1cc(C)c(-n2nc(C(=O)O)c(I)c2C(C)C)c(C)c1. The van der Waals surface area contributed by atoms with Gasteiger partial charge in [0.25, 0.3) is 0 Å². The van der Waals surface area contributed by atoms with Crippen LogP contribution in [0.25, 0.3) is 5.69 Å². The molecular weight excluding hydrogens is 379 g/mol. The molecule has 1 aromatic carbocycles. The van der Waals surface area contributed by atoms with Gasteiger partial charge in [0, 0.05) is 0 Å². The first kappa shape index (κ1) is 16.0. The summed E-state index contributed by atoms with van der Waals surface area (Å²) in [4.78, 5) is 11.4. The molecule has 0 saturated carbocycles. The normalized spacial score (nSPS) is 11.2. The van der Waals surface area contributed by atoms with E-state index < -0.39 is 5.97 Å². The molecule has 0 spiro atoms. The van der Waals surface area contributed by atoms with Gasteiger partial charge in [0.05, 0.1) is 15.0 Å². The lowest BCUT2D eigenvalue weighted by molar-refractivity contribution is 0.0689. The van der Waals surface area contributed by atoms with Crippen LogP contribution >= 0.6 is 22.6 Å². The first-order chi connectivity index (χ1) is 9.73. The van der Waals surface area contributed by atoms with E-state index >= 15 is 0 Å². The lowest BCUT2D eigenvalue weighted by atomic mass is 10.0. The molecule has 2 rings (SSSR count). The molecule has 0 amide bonds. The van der Waals surface area contributed by atoms with E-state index in [1.54, 1.807) is 4.68 Å². The zero-order valence-electron chi connectivity index (χ0n) is 12.9. The van der Waals surface area contributed by atoms with Gasteiger partial charge in [-0.2, -0.15) is 5.10 Å². The molecule has 112 valence electrons. The van der Waals surface area contributed by atoms with Crippen LogP contribution in [0.1, 0.15) is 52.6 Å². The van der Waals surface area contributed by atoms with Crippen LogP contribution in [0.3, 0.4) is 0 Å². The van der Waals surface area contributed by atoms with Crippen LogP contribution < -0.4 is 0 Å². The Morgan fingerprint density at radius 2 is 1.76 bits per heavy atom. The molecule has 1 heterocycles. The fourth-order valence-corrected chi connectivity index (χ4v) is 3.91. The Morgan fingerprint density at radius 3 is 2.19 bits per heavy atom. The maximum absolute atomic E-state index is 11.4. The second-order valence-corrected chi connectivity index (χ2v) is 6.75. The van der Waals surface area contributed by atoms with Gasteiger partial charge >= 0.3 is 5.97 Å². The number of aryl methyl sites for hydroxylation is 3. The third-order valence-corrected chi connectivity index (χ3v) is 4.52. The number of hydrogen-bond donors (Lipinski definition) is 1. The van der Waals surface area contributed by atoms with Crippen LogP contribution in [-0.4, -0.2) is 20.9 Å². The highest BCUT2D eigenvalue weighted by atomic mass is 127. The monoisotopic (exact) mass is 398 g/mol. The highest BCUT2D eigenvalue weighted by Gasteiger charge is 2.24. The molecule has 5 heteroatoms. The summed E-state index contributed by atoms with van der Waals surface area (Å²) in [7, 11) is 0. The number of aromatic nitrogens is 2. The van der Waals surface area contributed by atoms with Crippen molar-refractivity contribution in [2.45, 2.75) is 40.5 Å². The highest BCUT2D eigenvalue weighted by Crippen LogP contribution is 2.30. The zero-order chi connectivity index (χ0) is 15.9. The number of rotatable bonds is 3. The van der Waals surface area contributed by atoms with Gasteiger partial charge < -0.3 is 5.11 Å². The van der Waals surface area contributed by atoms with Crippen LogP contribution in [0.4, 0.5) is 0 Å². The van der Waals surface area contributed by atoms with Crippen molar-refractivity contribution in [1.29, 1.82) is 0 Å². The first-order valence-corrected chi connectivity index (χ1v) is 7.91. The summed E-state index contributed by atoms with van der Waals surface area (Å²) in [5.74, 6) is -0.792. The molecule has 0 unspecified atom stereocenters. The zero-order valence-corrected chi connectivity index (χ0v) is 15.0.